The molecule has 2 aliphatic rings. The average Bonchev–Trinajstić information content (AvgIpc) is 3.21. The van der Waals surface area contributed by atoms with Gasteiger partial charge in [-0.2, -0.15) is 0 Å². The van der Waals surface area contributed by atoms with Gasteiger partial charge < -0.3 is 24.8 Å². The van der Waals surface area contributed by atoms with E-state index in [0.717, 1.165) is 6.07 Å². The zero-order valence-electron chi connectivity index (χ0n) is 20.0. The summed E-state index contributed by atoms with van der Waals surface area (Å²) in [6.07, 6.45) is -0.0527. The van der Waals surface area contributed by atoms with E-state index >= 15 is 4.39 Å². The number of hydrogen-bond acceptors (Lipinski definition) is 7. The number of amides is 1. The number of rotatable bonds is 4. The summed E-state index contributed by atoms with van der Waals surface area (Å²) in [5.74, 6) is -3.76. The van der Waals surface area contributed by atoms with Crippen molar-refractivity contribution < 1.29 is 33.3 Å². The first kappa shape index (κ1) is 25.2. The summed E-state index contributed by atoms with van der Waals surface area (Å²) in [5.41, 5.74) is -3.27. The van der Waals surface area contributed by atoms with Gasteiger partial charge in [0.25, 0.3) is 11.5 Å². The average molecular weight is 534 g/mol. The predicted molar refractivity (Wildman–Crippen MR) is 128 cm³/mol. The normalized spacial score (nSPS) is 18.3. The van der Waals surface area contributed by atoms with Crippen molar-refractivity contribution in [3.8, 4) is 11.4 Å². The van der Waals surface area contributed by atoms with E-state index in [4.69, 9.17) is 16.3 Å². The number of ether oxygens (including phenoxy) is 1. The van der Waals surface area contributed by atoms with Crippen molar-refractivity contribution in [3.63, 3.8) is 0 Å². The molecule has 0 spiro atoms. The summed E-state index contributed by atoms with van der Waals surface area (Å²) in [6, 6.07) is 2.41. The largest absolute Gasteiger partial charge is 0.458 e. The minimum absolute atomic E-state index is 0.0527. The van der Waals surface area contributed by atoms with Gasteiger partial charge in [-0.1, -0.05) is 18.5 Å². The van der Waals surface area contributed by atoms with Crippen LogP contribution in [0.1, 0.15) is 49.4 Å². The topological polar surface area (TPSA) is 131 Å². The molecule has 0 unspecified atom stereocenters. The third kappa shape index (κ3) is 3.64. The van der Waals surface area contributed by atoms with Crippen LogP contribution in [0, 0.1) is 11.6 Å². The number of nitrogens with one attached hydrogen (secondary N) is 1. The highest BCUT2D eigenvalue weighted by atomic mass is 35.5. The van der Waals surface area contributed by atoms with Crippen molar-refractivity contribution in [2.24, 2.45) is 0 Å². The number of aromatic nitrogens is 2. The highest BCUT2D eigenvalue weighted by Gasteiger charge is 2.45. The van der Waals surface area contributed by atoms with E-state index in [0.29, 0.717) is 5.56 Å². The molecule has 2 aliphatic heterocycles. The van der Waals surface area contributed by atoms with E-state index in [1.165, 1.54) is 24.5 Å². The molecule has 194 valence electrons. The maximum atomic E-state index is 15.3. The number of carbonyl (C=O) groups excluding carboxylic acids is 2. The molecule has 2 aromatic heterocycles. The third-order valence-corrected chi connectivity index (χ3v) is 7.26. The third-order valence-electron chi connectivity index (χ3n) is 6.91. The van der Waals surface area contributed by atoms with Crippen molar-refractivity contribution >= 4 is 34.4 Å². The zero-order chi connectivity index (χ0) is 27.0. The predicted octanol–water partition coefficient (Wildman–Crippen LogP) is 2.40. The van der Waals surface area contributed by atoms with Crippen molar-refractivity contribution in [3.05, 3.63) is 61.4 Å². The minimum atomic E-state index is -2.04. The lowest BCUT2D eigenvalue weighted by atomic mass is 9.86. The molecule has 3 N–H and O–H groups in total. The molecule has 3 aromatic rings. The van der Waals surface area contributed by atoms with Crippen LogP contribution in [-0.2, 0) is 39.6 Å². The molecule has 0 aliphatic carbocycles. The quantitative estimate of drug-likeness (QED) is 0.271. The first-order valence-electron chi connectivity index (χ1n) is 11.5. The Bertz CT molecular complexity index is 1600. The van der Waals surface area contributed by atoms with Gasteiger partial charge >= 0.3 is 5.97 Å². The Hall–Kier alpha value is -3.41. The first-order valence-corrected chi connectivity index (χ1v) is 11.8. The molecule has 0 bridgehead atoms. The lowest BCUT2D eigenvalue weighted by molar-refractivity contribution is -0.172. The van der Waals surface area contributed by atoms with Crippen LogP contribution < -0.4 is 10.9 Å². The van der Waals surface area contributed by atoms with Gasteiger partial charge in [-0.25, -0.2) is 18.6 Å². The Balaban J connectivity index is 1.78. The van der Waals surface area contributed by atoms with Crippen LogP contribution in [0.15, 0.2) is 16.9 Å². The Labute approximate surface area is 213 Å². The number of aliphatic hydroxyl groups is 2. The summed E-state index contributed by atoms with van der Waals surface area (Å²) in [7, 11) is 0. The van der Waals surface area contributed by atoms with E-state index in [9.17, 15) is 29.0 Å². The van der Waals surface area contributed by atoms with Gasteiger partial charge in [0.2, 0.25) is 0 Å². The molecule has 9 nitrogen and oxygen atoms in total. The lowest BCUT2D eigenvalue weighted by Crippen LogP contribution is -2.44. The Kier molecular flexibility index (Phi) is 5.67. The molecule has 1 aromatic carbocycles. The van der Waals surface area contributed by atoms with E-state index in [-0.39, 0.29) is 65.1 Å². The summed E-state index contributed by atoms with van der Waals surface area (Å²) in [5, 5.41) is 22.7. The Morgan fingerprint density at radius 3 is 2.65 bits per heavy atom. The number of nitrogens with zero attached hydrogens (tertiary/aromatic N) is 2. The molecule has 1 atom stereocenters. The smallest absolute Gasteiger partial charge is 0.343 e. The second kappa shape index (κ2) is 8.30. The number of hydrogen-bond donors (Lipinski definition) is 3. The summed E-state index contributed by atoms with van der Waals surface area (Å²) in [4.78, 5) is 42.6. The molecule has 1 amide bonds. The van der Waals surface area contributed by atoms with Crippen molar-refractivity contribution in [2.75, 3.05) is 0 Å². The van der Waals surface area contributed by atoms with Gasteiger partial charge in [0.05, 0.1) is 29.0 Å². The summed E-state index contributed by atoms with van der Waals surface area (Å²) in [6.45, 7) is 3.43. The van der Waals surface area contributed by atoms with Gasteiger partial charge in [-0.3, -0.25) is 9.59 Å². The summed E-state index contributed by atoms with van der Waals surface area (Å²) < 4.78 is 36.0. The Morgan fingerprint density at radius 2 is 2.00 bits per heavy atom. The number of pyridine rings is 2. The second-order valence-electron chi connectivity index (χ2n) is 9.64. The maximum absolute atomic E-state index is 15.3. The number of cyclic esters (lactones) is 1. The van der Waals surface area contributed by atoms with Crippen LogP contribution in [0.3, 0.4) is 0 Å². The molecule has 0 fully saturated rings. The van der Waals surface area contributed by atoms with Gasteiger partial charge in [-0.15, -0.1) is 0 Å². The maximum Gasteiger partial charge on any atom is 0.343 e. The minimum Gasteiger partial charge on any atom is -0.458 e. The molecule has 4 heterocycles. The van der Waals surface area contributed by atoms with Crippen LogP contribution in [0.4, 0.5) is 8.78 Å². The molecule has 0 saturated carbocycles. The fraction of sp³-hybridized carbons (Fsp3) is 0.360. The zero-order valence-corrected chi connectivity index (χ0v) is 20.8. The van der Waals surface area contributed by atoms with Crippen molar-refractivity contribution in [2.45, 2.75) is 58.1 Å². The highest BCUT2D eigenvalue weighted by Crippen LogP contribution is 2.41. The second-order valence-corrected chi connectivity index (χ2v) is 10.0. The van der Waals surface area contributed by atoms with E-state index in [1.807, 2.05) is 0 Å². The number of benzene rings is 1. The van der Waals surface area contributed by atoms with Crippen LogP contribution in [0.2, 0.25) is 5.02 Å². The highest BCUT2D eigenvalue weighted by molar-refractivity contribution is 6.31. The fourth-order valence-electron chi connectivity index (χ4n) is 4.81. The SMILES string of the molecule is CC[C@@]1(O)C(=O)OCc2c1cc1n(c2=O)Cc2c-1nc1cc(F)c(Cl)c(F)c1c2CNC(=O)C(C)(C)O. The molecule has 5 rings (SSSR count). The first-order chi connectivity index (χ1) is 17.3. The van der Waals surface area contributed by atoms with Gasteiger partial charge in [0, 0.05) is 29.1 Å². The molecule has 12 heteroatoms. The van der Waals surface area contributed by atoms with E-state index in [1.54, 1.807) is 6.92 Å². The number of esters is 1. The molecule has 37 heavy (non-hydrogen) atoms. The van der Waals surface area contributed by atoms with E-state index in [2.05, 4.69) is 10.3 Å². The fourth-order valence-corrected chi connectivity index (χ4v) is 4.96. The Morgan fingerprint density at radius 1 is 1.30 bits per heavy atom. The van der Waals surface area contributed by atoms with Crippen molar-refractivity contribution in [1.29, 1.82) is 0 Å². The molecule has 0 radical (unpaired) electrons. The van der Waals surface area contributed by atoms with Gasteiger partial charge in [0.15, 0.2) is 11.4 Å². The van der Waals surface area contributed by atoms with Crippen LogP contribution in [0.25, 0.3) is 22.3 Å². The lowest BCUT2D eigenvalue weighted by Gasteiger charge is -2.31. The van der Waals surface area contributed by atoms with Crippen LogP contribution in [0.5, 0.6) is 0 Å². The standard InChI is InChI=1S/C25H22ClF2N3O6/c1-4-25(36)13-5-16-20-11(8-31(16)21(32)12(13)9-37-23(25)34)10(7-29-22(33)24(2,3)35)17-15(30-20)6-14(27)18(26)19(17)28/h5-6,35-36H,4,7-9H2,1-3H3,(H,29,33)/t25-/m0/s1. The molecular weight excluding hydrogens is 512 g/mol. The van der Waals surface area contributed by atoms with Crippen LogP contribution in [-0.4, -0.2) is 37.2 Å². The molecule has 0 saturated heterocycles. The number of halogens is 3. The molecular formula is C25H22ClF2N3O6. The van der Waals surface area contributed by atoms with Gasteiger partial charge in [-0.05, 0) is 31.9 Å². The number of carbonyl (C=O) groups is 2. The summed E-state index contributed by atoms with van der Waals surface area (Å²) >= 11 is 5.84. The van der Waals surface area contributed by atoms with Crippen LogP contribution >= 0.6 is 11.6 Å². The number of fused-ring (bicyclic) bond motifs is 5. The van der Waals surface area contributed by atoms with E-state index < -0.39 is 45.3 Å². The van der Waals surface area contributed by atoms with Crippen molar-refractivity contribution in [1.82, 2.24) is 14.9 Å². The monoisotopic (exact) mass is 533 g/mol. The van der Waals surface area contributed by atoms with Gasteiger partial charge in [0.1, 0.15) is 23.0 Å².